The van der Waals surface area contributed by atoms with Gasteiger partial charge in [0.15, 0.2) is 0 Å². The van der Waals surface area contributed by atoms with E-state index in [2.05, 4.69) is 5.10 Å². The van der Waals surface area contributed by atoms with Crippen molar-refractivity contribution in [2.75, 3.05) is 0 Å². The van der Waals surface area contributed by atoms with Crippen LogP contribution in [0.4, 0.5) is 4.39 Å². The minimum absolute atomic E-state index is 0.108. The number of halogens is 1. The number of aliphatic hydroxyl groups excluding tert-OH is 1. The van der Waals surface area contributed by atoms with E-state index in [4.69, 9.17) is 0 Å². The number of nitrogens with zero attached hydrogens (tertiary/aromatic N) is 3. The molecule has 0 saturated heterocycles. The van der Waals surface area contributed by atoms with Crippen LogP contribution in [-0.2, 0) is 6.54 Å². The van der Waals surface area contributed by atoms with E-state index in [0.29, 0.717) is 17.0 Å². The number of hydrogen-bond acceptors (Lipinski definition) is 3. The van der Waals surface area contributed by atoms with Crippen LogP contribution in [-0.4, -0.2) is 19.3 Å². The van der Waals surface area contributed by atoms with Gasteiger partial charge in [0.1, 0.15) is 11.5 Å². The van der Waals surface area contributed by atoms with E-state index in [-0.39, 0.29) is 17.7 Å². The summed E-state index contributed by atoms with van der Waals surface area (Å²) in [6.07, 6.45) is -1.05. The van der Waals surface area contributed by atoms with Gasteiger partial charge in [-0.2, -0.15) is 9.61 Å². The number of rotatable bonds is 4. The minimum atomic E-state index is -1.05. The molecule has 0 bridgehead atoms. The smallest absolute Gasteiger partial charge is 0.274 e. The van der Waals surface area contributed by atoms with E-state index in [1.807, 2.05) is 30.3 Å². The Morgan fingerprint density at radius 3 is 2.52 bits per heavy atom. The molecule has 4 rings (SSSR count). The van der Waals surface area contributed by atoms with Crippen molar-refractivity contribution in [1.82, 2.24) is 14.2 Å². The molecule has 136 valence electrons. The molecular formula is C21H18FN3O2. The quantitative estimate of drug-likeness (QED) is 0.605. The van der Waals surface area contributed by atoms with Crippen molar-refractivity contribution >= 4 is 5.65 Å². The molecule has 0 aliphatic rings. The van der Waals surface area contributed by atoms with Crippen molar-refractivity contribution in [3.05, 3.63) is 94.2 Å². The van der Waals surface area contributed by atoms with E-state index in [1.54, 1.807) is 35.8 Å². The van der Waals surface area contributed by atoms with Gasteiger partial charge in [-0.3, -0.25) is 4.79 Å². The molecule has 1 unspecified atom stereocenters. The third kappa shape index (κ3) is 3.15. The molecule has 0 saturated carbocycles. The summed E-state index contributed by atoms with van der Waals surface area (Å²) in [6.45, 7) is 1.89. The highest BCUT2D eigenvalue weighted by Gasteiger charge is 2.17. The average molecular weight is 363 g/mol. The van der Waals surface area contributed by atoms with E-state index in [9.17, 15) is 14.3 Å². The number of aromatic nitrogens is 3. The fourth-order valence-corrected chi connectivity index (χ4v) is 3.23. The van der Waals surface area contributed by atoms with Crippen LogP contribution in [0.1, 0.15) is 17.4 Å². The van der Waals surface area contributed by atoms with Crippen molar-refractivity contribution in [3.63, 3.8) is 0 Å². The van der Waals surface area contributed by atoms with Crippen LogP contribution in [0.25, 0.3) is 16.9 Å². The van der Waals surface area contributed by atoms with Crippen LogP contribution in [0.15, 0.2) is 71.5 Å². The van der Waals surface area contributed by atoms with Gasteiger partial charge < -0.3 is 9.67 Å². The zero-order valence-electron chi connectivity index (χ0n) is 14.7. The Hall–Kier alpha value is -3.25. The van der Waals surface area contributed by atoms with Crippen molar-refractivity contribution in [3.8, 4) is 11.3 Å². The lowest BCUT2D eigenvalue weighted by atomic mass is 10.1. The fraction of sp³-hybridized carbons (Fsp3) is 0.143. The number of fused-ring (bicyclic) bond motifs is 1. The molecule has 6 heteroatoms. The Labute approximate surface area is 154 Å². The largest absolute Gasteiger partial charge is 0.386 e. The maximum atomic E-state index is 14.0. The highest BCUT2D eigenvalue weighted by Crippen LogP contribution is 2.23. The van der Waals surface area contributed by atoms with E-state index in [1.165, 1.54) is 16.6 Å². The predicted molar refractivity (Wildman–Crippen MR) is 101 cm³/mol. The molecule has 2 heterocycles. The van der Waals surface area contributed by atoms with Crippen molar-refractivity contribution in [2.24, 2.45) is 0 Å². The van der Waals surface area contributed by atoms with Crippen LogP contribution in [0, 0.1) is 12.7 Å². The molecule has 0 amide bonds. The van der Waals surface area contributed by atoms with Crippen molar-refractivity contribution in [1.29, 1.82) is 0 Å². The normalized spacial score (nSPS) is 12.4. The Kier molecular flexibility index (Phi) is 4.33. The lowest BCUT2D eigenvalue weighted by molar-refractivity contribution is 0.152. The lowest BCUT2D eigenvalue weighted by Gasteiger charge is -2.17. The van der Waals surface area contributed by atoms with Gasteiger partial charge in [-0.1, -0.05) is 48.5 Å². The molecule has 0 fully saturated rings. The molecule has 4 aromatic rings. The molecule has 1 N–H and O–H groups in total. The van der Waals surface area contributed by atoms with Crippen molar-refractivity contribution < 1.29 is 9.50 Å². The third-order valence-electron chi connectivity index (χ3n) is 4.62. The number of aryl methyl sites for hydroxylation is 1. The first-order chi connectivity index (χ1) is 13.0. The second kappa shape index (κ2) is 6.81. The summed E-state index contributed by atoms with van der Waals surface area (Å²) in [4.78, 5) is 12.4. The molecule has 2 aromatic heterocycles. The molecule has 1 atom stereocenters. The highest BCUT2D eigenvalue weighted by molar-refractivity contribution is 5.64. The number of benzene rings is 2. The van der Waals surface area contributed by atoms with Crippen molar-refractivity contribution in [2.45, 2.75) is 19.6 Å². The molecule has 0 aliphatic heterocycles. The van der Waals surface area contributed by atoms with Gasteiger partial charge in [0.2, 0.25) is 0 Å². The SMILES string of the molecule is Cc1cc(=O)n2nc(-c3ccccc3)cc2n1CC(O)c1ccccc1F. The first kappa shape index (κ1) is 17.2. The molecule has 27 heavy (non-hydrogen) atoms. The minimum Gasteiger partial charge on any atom is -0.386 e. The lowest BCUT2D eigenvalue weighted by Crippen LogP contribution is -2.22. The monoisotopic (exact) mass is 363 g/mol. The molecule has 2 aromatic carbocycles. The zero-order chi connectivity index (χ0) is 19.0. The molecule has 5 nitrogen and oxygen atoms in total. The van der Waals surface area contributed by atoms with Gasteiger partial charge in [-0.25, -0.2) is 4.39 Å². The predicted octanol–water partition coefficient (Wildman–Crippen LogP) is 3.34. The van der Waals surface area contributed by atoms with E-state index in [0.717, 1.165) is 5.56 Å². The van der Waals surface area contributed by atoms with Gasteiger partial charge in [0.25, 0.3) is 5.56 Å². The van der Waals surface area contributed by atoms with E-state index < -0.39 is 11.9 Å². The standard InChI is InChI=1S/C21H18FN3O2/c1-14-11-21(27)25-20(12-18(23-25)15-7-3-2-4-8-15)24(14)13-19(26)16-9-5-6-10-17(16)22/h2-12,19,26H,13H2,1H3. The molecule has 0 spiro atoms. The first-order valence-corrected chi connectivity index (χ1v) is 8.63. The molecular weight excluding hydrogens is 345 g/mol. The summed E-state index contributed by atoms with van der Waals surface area (Å²) >= 11 is 0. The van der Waals surface area contributed by atoms with Crippen LogP contribution >= 0.6 is 0 Å². The summed E-state index contributed by atoms with van der Waals surface area (Å²) in [5, 5.41) is 15.0. The van der Waals surface area contributed by atoms with Crippen LogP contribution in [0.3, 0.4) is 0 Å². The van der Waals surface area contributed by atoms with Gasteiger partial charge in [0.05, 0.1) is 18.3 Å². The summed E-state index contributed by atoms with van der Waals surface area (Å²) in [6, 6.07) is 18.9. The summed E-state index contributed by atoms with van der Waals surface area (Å²) < 4.78 is 17.1. The first-order valence-electron chi connectivity index (χ1n) is 8.63. The van der Waals surface area contributed by atoms with Crippen LogP contribution in [0.5, 0.6) is 0 Å². The fourth-order valence-electron chi connectivity index (χ4n) is 3.23. The Balaban J connectivity index is 1.82. The maximum absolute atomic E-state index is 14.0. The second-order valence-electron chi connectivity index (χ2n) is 6.44. The Morgan fingerprint density at radius 1 is 1.07 bits per heavy atom. The Bertz CT molecular complexity index is 1170. The van der Waals surface area contributed by atoms with Gasteiger partial charge >= 0.3 is 0 Å². The second-order valence-corrected chi connectivity index (χ2v) is 6.44. The van der Waals surface area contributed by atoms with Crippen LogP contribution < -0.4 is 5.56 Å². The van der Waals surface area contributed by atoms with Gasteiger partial charge in [-0.05, 0) is 13.0 Å². The van der Waals surface area contributed by atoms with Crippen LogP contribution in [0.2, 0.25) is 0 Å². The van der Waals surface area contributed by atoms with Gasteiger partial charge in [-0.15, -0.1) is 0 Å². The summed E-state index contributed by atoms with van der Waals surface area (Å²) in [5.41, 5.74) is 2.74. The van der Waals surface area contributed by atoms with E-state index >= 15 is 0 Å². The summed E-state index contributed by atoms with van der Waals surface area (Å²) in [5.74, 6) is -0.460. The molecule has 0 aliphatic carbocycles. The Morgan fingerprint density at radius 2 is 1.78 bits per heavy atom. The number of aliphatic hydroxyl groups is 1. The third-order valence-corrected chi connectivity index (χ3v) is 4.62. The maximum Gasteiger partial charge on any atom is 0.274 e. The van der Waals surface area contributed by atoms with Gasteiger partial charge in [0, 0.05) is 29.0 Å². The zero-order valence-corrected chi connectivity index (χ0v) is 14.7. The average Bonchev–Trinajstić information content (AvgIpc) is 3.12. The highest BCUT2D eigenvalue weighted by atomic mass is 19.1. The molecule has 0 radical (unpaired) electrons. The summed E-state index contributed by atoms with van der Waals surface area (Å²) in [7, 11) is 0. The topological polar surface area (TPSA) is 59.5 Å². The number of hydrogen-bond donors (Lipinski definition) is 1.